The number of alkyl halides is 2. The quantitative estimate of drug-likeness (QED) is 0.843. The molecule has 0 unspecified atom stereocenters. The lowest BCUT2D eigenvalue weighted by molar-refractivity contribution is 0.137. The van der Waals surface area contributed by atoms with E-state index < -0.39 is 12.2 Å². The lowest BCUT2D eigenvalue weighted by Gasteiger charge is -2.08. The Morgan fingerprint density at radius 2 is 1.57 bits per heavy atom. The van der Waals surface area contributed by atoms with Crippen LogP contribution in [-0.2, 0) is 0 Å². The third kappa shape index (κ3) is 2.09. The lowest BCUT2D eigenvalue weighted by atomic mass is 10.5. The molecule has 0 radical (unpaired) electrons. The molecule has 7 heteroatoms. The summed E-state index contributed by atoms with van der Waals surface area (Å²) in [6.45, 7) is 0. The van der Waals surface area contributed by atoms with Crippen LogP contribution in [0.2, 0.25) is 0 Å². The first-order chi connectivity index (χ1) is 6.60. The van der Waals surface area contributed by atoms with Gasteiger partial charge in [0.25, 0.3) is 6.43 Å². The number of halogens is 3. The summed E-state index contributed by atoms with van der Waals surface area (Å²) in [6, 6.07) is 0. The zero-order valence-electron chi connectivity index (χ0n) is 7.42. The molecule has 0 fully saturated rings. The molecule has 0 aliphatic heterocycles. The largest absolute Gasteiger partial charge is 0.480 e. The predicted octanol–water partition coefficient (Wildman–Crippen LogP) is 2.19. The van der Waals surface area contributed by atoms with E-state index in [9.17, 15) is 8.78 Å². The Morgan fingerprint density at radius 3 is 1.86 bits per heavy atom. The fourth-order valence-corrected chi connectivity index (χ4v) is 1.29. The molecule has 1 heterocycles. The van der Waals surface area contributed by atoms with Crippen LogP contribution in [0, 0.1) is 0 Å². The van der Waals surface area contributed by atoms with Gasteiger partial charge in [-0.2, -0.15) is 9.97 Å². The second-order valence-corrected chi connectivity index (χ2v) is 3.01. The molecule has 1 aromatic heterocycles. The summed E-state index contributed by atoms with van der Waals surface area (Å²) in [5.41, 5.74) is 0. The molecule has 4 nitrogen and oxygen atoms in total. The van der Waals surface area contributed by atoms with Crippen LogP contribution in [0.4, 0.5) is 8.78 Å². The average Bonchev–Trinajstić information content (AvgIpc) is 2.17. The van der Waals surface area contributed by atoms with E-state index in [4.69, 9.17) is 9.47 Å². The van der Waals surface area contributed by atoms with Crippen LogP contribution in [0.3, 0.4) is 0 Å². The van der Waals surface area contributed by atoms with Gasteiger partial charge >= 0.3 is 0 Å². The van der Waals surface area contributed by atoms with Crippen molar-refractivity contribution in [3.63, 3.8) is 0 Å². The van der Waals surface area contributed by atoms with Gasteiger partial charge < -0.3 is 9.47 Å². The van der Waals surface area contributed by atoms with E-state index in [-0.39, 0.29) is 11.8 Å². The molecule has 0 saturated heterocycles. The van der Waals surface area contributed by atoms with E-state index >= 15 is 0 Å². The number of hydrogen-bond donors (Lipinski definition) is 0. The van der Waals surface area contributed by atoms with Gasteiger partial charge in [0.2, 0.25) is 17.6 Å². The Balaban J connectivity index is 3.25. The van der Waals surface area contributed by atoms with Crippen molar-refractivity contribution in [1.82, 2.24) is 9.97 Å². The molecule has 0 spiro atoms. The number of aromatic nitrogens is 2. The Hall–Kier alpha value is -0.980. The maximum Gasteiger partial charge on any atom is 0.297 e. The first-order valence-electron chi connectivity index (χ1n) is 3.53. The van der Waals surface area contributed by atoms with Gasteiger partial charge in [-0.05, 0) is 15.9 Å². The molecule has 0 saturated carbocycles. The minimum Gasteiger partial charge on any atom is -0.480 e. The third-order valence-corrected chi connectivity index (χ3v) is 2.07. The highest BCUT2D eigenvalue weighted by molar-refractivity contribution is 9.10. The summed E-state index contributed by atoms with van der Waals surface area (Å²) in [6.07, 6.45) is -2.76. The van der Waals surface area contributed by atoms with Crippen LogP contribution in [0.15, 0.2) is 4.47 Å². The van der Waals surface area contributed by atoms with Crippen molar-refractivity contribution in [3.05, 3.63) is 10.3 Å². The van der Waals surface area contributed by atoms with Gasteiger partial charge in [0.1, 0.15) is 4.47 Å². The predicted molar refractivity (Wildman–Crippen MR) is 47.8 cm³/mol. The number of rotatable bonds is 3. The SMILES string of the molecule is COc1nc(C(F)F)nc(OC)c1Br. The van der Waals surface area contributed by atoms with Gasteiger partial charge in [-0.3, -0.25) is 0 Å². The maximum atomic E-state index is 12.3. The van der Waals surface area contributed by atoms with Crippen LogP contribution in [0.1, 0.15) is 12.2 Å². The summed E-state index contributed by atoms with van der Waals surface area (Å²) in [5, 5.41) is 0. The zero-order chi connectivity index (χ0) is 10.7. The Kier molecular flexibility index (Phi) is 3.56. The molecular formula is C7H7BrF2N2O2. The van der Waals surface area contributed by atoms with Crippen molar-refractivity contribution in [3.8, 4) is 11.8 Å². The number of nitrogens with zero attached hydrogens (tertiary/aromatic N) is 2. The molecule has 0 atom stereocenters. The van der Waals surface area contributed by atoms with Crippen LogP contribution >= 0.6 is 15.9 Å². The van der Waals surface area contributed by atoms with Gasteiger partial charge in [-0.25, -0.2) is 8.78 Å². The monoisotopic (exact) mass is 268 g/mol. The normalized spacial score (nSPS) is 10.4. The average molecular weight is 269 g/mol. The first-order valence-corrected chi connectivity index (χ1v) is 4.33. The van der Waals surface area contributed by atoms with Gasteiger partial charge in [-0.1, -0.05) is 0 Å². The summed E-state index contributed by atoms with van der Waals surface area (Å²) in [7, 11) is 2.64. The molecular weight excluding hydrogens is 262 g/mol. The first kappa shape index (κ1) is 11.1. The highest BCUT2D eigenvalue weighted by atomic mass is 79.9. The van der Waals surface area contributed by atoms with Crippen molar-refractivity contribution >= 4 is 15.9 Å². The van der Waals surface area contributed by atoms with Crippen molar-refractivity contribution in [2.75, 3.05) is 14.2 Å². The zero-order valence-corrected chi connectivity index (χ0v) is 9.01. The summed E-state index contributed by atoms with van der Waals surface area (Å²) in [5.74, 6) is -0.582. The highest BCUT2D eigenvalue weighted by Gasteiger charge is 2.18. The van der Waals surface area contributed by atoms with Gasteiger partial charge in [0.15, 0.2) is 0 Å². The minimum atomic E-state index is -2.76. The van der Waals surface area contributed by atoms with E-state index in [1.54, 1.807) is 0 Å². The highest BCUT2D eigenvalue weighted by Crippen LogP contribution is 2.32. The van der Waals surface area contributed by atoms with E-state index in [0.717, 1.165) is 0 Å². The molecule has 1 aromatic rings. The van der Waals surface area contributed by atoms with Gasteiger partial charge in [-0.15, -0.1) is 0 Å². The van der Waals surface area contributed by atoms with Crippen molar-refractivity contribution < 1.29 is 18.3 Å². The summed E-state index contributed by atoms with van der Waals surface area (Å²) >= 11 is 3.06. The van der Waals surface area contributed by atoms with Crippen LogP contribution in [0.5, 0.6) is 11.8 Å². The molecule has 1 rings (SSSR count). The van der Waals surface area contributed by atoms with Crippen LogP contribution in [-0.4, -0.2) is 24.2 Å². The molecule has 0 aliphatic carbocycles. The maximum absolute atomic E-state index is 12.3. The van der Waals surface area contributed by atoms with Crippen molar-refractivity contribution in [1.29, 1.82) is 0 Å². The number of ether oxygens (including phenoxy) is 2. The fourth-order valence-electron chi connectivity index (χ4n) is 0.791. The molecule has 0 amide bonds. The molecule has 78 valence electrons. The topological polar surface area (TPSA) is 44.2 Å². The summed E-state index contributed by atoms with van der Waals surface area (Å²) < 4.78 is 34.4. The smallest absolute Gasteiger partial charge is 0.297 e. The standard InChI is InChI=1S/C7H7BrF2N2O2/c1-13-6-3(8)7(14-2)12-5(11-6)4(9)10/h4H,1-2H3. The van der Waals surface area contributed by atoms with Crippen molar-refractivity contribution in [2.45, 2.75) is 6.43 Å². The number of hydrogen-bond acceptors (Lipinski definition) is 4. The molecule has 14 heavy (non-hydrogen) atoms. The van der Waals surface area contributed by atoms with E-state index in [1.807, 2.05) is 0 Å². The van der Waals surface area contributed by atoms with Crippen LogP contribution < -0.4 is 9.47 Å². The Labute approximate surface area is 87.4 Å². The molecule has 0 aromatic carbocycles. The van der Waals surface area contributed by atoms with E-state index in [0.29, 0.717) is 4.47 Å². The number of methoxy groups -OCH3 is 2. The van der Waals surface area contributed by atoms with Gasteiger partial charge in [0, 0.05) is 0 Å². The lowest BCUT2D eigenvalue weighted by Crippen LogP contribution is -2.02. The second kappa shape index (κ2) is 4.50. The van der Waals surface area contributed by atoms with E-state index in [2.05, 4.69) is 25.9 Å². The molecule has 0 N–H and O–H groups in total. The van der Waals surface area contributed by atoms with E-state index in [1.165, 1.54) is 14.2 Å². The minimum absolute atomic E-state index is 0.0205. The fraction of sp³-hybridized carbons (Fsp3) is 0.429. The summed E-state index contributed by atoms with van der Waals surface area (Å²) in [4.78, 5) is 6.98. The molecule has 0 aliphatic rings. The Bertz CT molecular complexity index is 310. The molecule has 0 bridgehead atoms. The Morgan fingerprint density at radius 1 is 1.14 bits per heavy atom. The second-order valence-electron chi connectivity index (χ2n) is 2.22. The van der Waals surface area contributed by atoms with Crippen LogP contribution in [0.25, 0.3) is 0 Å². The van der Waals surface area contributed by atoms with Gasteiger partial charge in [0.05, 0.1) is 14.2 Å². The third-order valence-electron chi connectivity index (χ3n) is 1.39. The van der Waals surface area contributed by atoms with Crippen molar-refractivity contribution in [2.24, 2.45) is 0 Å².